The lowest BCUT2D eigenvalue weighted by molar-refractivity contribution is -0.106. The molecule has 4 heteroatoms. The Hall–Kier alpha value is -1.16. The van der Waals surface area contributed by atoms with Crippen molar-refractivity contribution in [1.82, 2.24) is 10.2 Å². The van der Waals surface area contributed by atoms with Crippen LogP contribution < -0.4 is 5.32 Å². The number of nitrogens with one attached hydrogen (secondary N) is 1. The number of anilines is 1. The lowest BCUT2D eigenvalue weighted by atomic mass is 9.96. The second-order valence-corrected chi connectivity index (χ2v) is 5.54. The molecule has 0 bridgehead atoms. The van der Waals surface area contributed by atoms with Crippen molar-refractivity contribution in [2.24, 2.45) is 0 Å². The highest BCUT2D eigenvalue weighted by Crippen LogP contribution is 2.45. The summed E-state index contributed by atoms with van der Waals surface area (Å²) in [6, 6.07) is 2.06. The van der Waals surface area contributed by atoms with E-state index in [1.807, 2.05) is 13.8 Å². The molecule has 1 aliphatic rings. The van der Waals surface area contributed by atoms with Crippen LogP contribution in [0.4, 0.5) is 5.82 Å². The summed E-state index contributed by atoms with van der Waals surface area (Å²) >= 11 is 0. The normalized spacial score (nSPS) is 20.1. The molecule has 0 spiro atoms. The van der Waals surface area contributed by atoms with E-state index in [4.69, 9.17) is 4.74 Å². The van der Waals surface area contributed by atoms with E-state index in [1.54, 1.807) is 0 Å². The quantitative estimate of drug-likeness (QED) is 0.875. The van der Waals surface area contributed by atoms with Gasteiger partial charge in [-0.1, -0.05) is 6.92 Å². The molecular weight excluding hydrogens is 214 g/mol. The monoisotopic (exact) mass is 235 g/mol. The maximum atomic E-state index is 6.04. The summed E-state index contributed by atoms with van der Waals surface area (Å²) in [5, 5.41) is 11.8. The fourth-order valence-corrected chi connectivity index (χ4v) is 2.38. The van der Waals surface area contributed by atoms with Gasteiger partial charge in [0, 0.05) is 12.1 Å². The van der Waals surface area contributed by atoms with Gasteiger partial charge in [0.1, 0.15) is 17.1 Å². The van der Waals surface area contributed by atoms with Gasteiger partial charge in [-0.05, 0) is 40.2 Å². The van der Waals surface area contributed by atoms with E-state index < -0.39 is 0 Å². The van der Waals surface area contributed by atoms with Crippen molar-refractivity contribution < 1.29 is 4.74 Å². The van der Waals surface area contributed by atoms with Gasteiger partial charge in [-0.3, -0.25) is 0 Å². The maximum absolute atomic E-state index is 6.04. The fourth-order valence-electron chi connectivity index (χ4n) is 2.38. The average molecular weight is 235 g/mol. The molecule has 4 nitrogen and oxygen atoms in total. The predicted octanol–water partition coefficient (Wildman–Crippen LogP) is 2.80. The first-order chi connectivity index (χ1) is 7.87. The van der Waals surface area contributed by atoms with Crippen molar-refractivity contribution in [1.29, 1.82) is 0 Å². The van der Waals surface area contributed by atoms with Crippen LogP contribution in [0.15, 0.2) is 6.07 Å². The molecule has 1 N–H and O–H groups in total. The van der Waals surface area contributed by atoms with Gasteiger partial charge in [0.2, 0.25) is 0 Å². The van der Waals surface area contributed by atoms with Gasteiger partial charge in [-0.15, -0.1) is 5.10 Å². The van der Waals surface area contributed by atoms with Crippen molar-refractivity contribution in [2.75, 3.05) is 11.9 Å². The highest BCUT2D eigenvalue weighted by atomic mass is 16.5. The molecule has 0 atom stereocenters. The molecule has 0 unspecified atom stereocenters. The van der Waals surface area contributed by atoms with E-state index in [2.05, 4.69) is 42.4 Å². The zero-order valence-electron chi connectivity index (χ0n) is 11.3. The SMILES string of the molecule is CCCNc1cc2c(nn1)C(C)(C)OC2(C)C. The van der Waals surface area contributed by atoms with Crippen LogP contribution in [0.2, 0.25) is 0 Å². The fraction of sp³-hybridized carbons (Fsp3) is 0.692. The van der Waals surface area contributed by atoms with Crippen LogP contribution in [0.25, 0.3) is 0 Å². The van der Waals surface area contributed by atoms with Gasteiger partial charge in [0.15, 0.2) is 0 Å². The highest BCUT2D eigenvalue weighted by Gasteiger charge is 2.44. The second-order valence-electron chi connectivity index (χ2n) is 5.54. The lowest BCUT2D eigenvalue weighted by Gasteiger charge is -2.23. The first kappa shape index (κ1) is 12.3. The van der Waals surface area contributed by atoms with Crippen LogP contribution in [0.5, 0.6) is 0 Å². The van der Waals surface area contributed by atoms with Gasteiger partial charge in [-0.25, -0.2) is 0 Å². The molecule has 94 valence electrons. The average Bonchev–Trinajstić information content (AvgIpc) is 2.42. The number of aromatic nitrogens is 2. The zero-order valence-corrected chi connectivity index (χ0v) is 11.3. The van der Waals surface area contributed by atoms with E-state index in [1.165, 1.54) is 0 Å². The van der Waals surface area contributed by atoms with Crippen molar-refractivity contribution in [2.45, 2.75) is 52.2 Å². The van der Waals surface area contributed by atoms with E-state index in [0.29, 0.717) is 0 Å². The Kier molecular flexibility index (Phi) is 2.86. The number of rotatable bonds is 3. The molecule has 0 saturated carbocycles. The minimum Gasteiger partial charge on any atom is -0.369 e. The Balaban J connectivity index is 2.38. The molecule has 1 aromatic heterocycles. The second kappa shape index (κ2) is 3.95. The Labute approximate surface area is 103 Å². The molecule has 1 aromatic rings. The summed E-state index contributed by atoms with van der Waals surface area (Å²) in [5.74, 6) is 0.833. The predicted molar refractivity (Wildman–Crippen MR) is 67.9 cm³/mol. The highest BCUT2D eigenvalue weighted by molar-refractivity contribution is 5.44. The molecule has 2 rings (SSSR count). The number of hydrogen-bond donors (Lipinski definition) is 1. The smallest absolute Gasteiger partial charge is 0.149 e. The summed E-state index contributed by atoms with van der Waals surface area (Å²) in [6.45, 7) is 11.3. The molecule has 0 aromatic carbocycles. The van der Waals surface area contributed by atoms with Crippen LogP contribution in [0.3, 0.4) is 0 Å². The molecule has 0 fully saturated rings. The van der Waals surface area contributed by atoms with Gasteiger partial charge >= 0.3 is 0 Å². The van der Waals surface area contributed by atoms with Gasteiger partial charge in [0.25, 0.3) is 0 Å². The zero-order chi connectivity index (χ0) is 12.7. The minimum absolute atomic E-state index is 0.294. The Morgan fingerprint density at radius 3 is 2.53 bits per heavy atom. The standard InChI is InChI=1S/C13H21N3O/c1-6-7-14-10-8-9-11(16-15-10)13(4,5)17-12(9,2)3/h8H,6-7H2,1-5H3,(H,14,15). The Bertz CT molecular complexity index is 427. The van der Waals surface area contributed by atoms with Crippen LogP contribution in [-0.4, -0.2) is 16.7 Å². The topological polar surface area (TPSA) is 47.0 Å². The van der Waals surface area contributed by atoms with E-state index >= 15 is 0 Å². The molecule has 0 aliphatic carbocycles. The molecule has 2 heterocycles. The molecule has 17 heavy (non-hydrogen) atoms. The van der Waals surface area contributed by atoms with Crippen LogP contribution >= 0.6 is 0 Å². The van der Waals surface area contributed by atoms with Crippen molar-refractivity contribution in [3.05, 3.63) is 17.3 Å². The van der Waals surface area contributed by atoms with E-state index in [0.717, 1.165) is 30.0 Å². The molecule has 0 amide bonds. The van der Waals surface area contributed by atoms with Crippen LogP contribution in [0, 0.1) is 0 Å². The largest absolute Gasteiger partial charge is 0.369 e. The maximum Gasteiger partial charge on any atom is 0.149 e. The first-order valence-corrected chi connectivity index (χ1v) is 6.19. The molecule has 0 radical (unpaired) electrons. The van der Waals surface area contributed by atoms with E-state index in [-0.39, 0.29) is 11.2 Å². The number of fused-ring (bicyclic) bond motifs is 1. The Morgan fingerprint density at radius 1 is 1.18 bits per heavy atom. The summed E-state index contributed by atoms with van der Waals surface area (Å²) in [7, 11) is 0. The summed E-state index contributed by atoms with van der Waals surface area (Å²) in [4.78, 5) is 0. The third-order valence-corrected chi connectivity index (χ3v) is 3.08. The van der Waals surface area contributed by atoms with Gasteiger partial charge < -0.3 is 10.1 Å². The number of ether oxygens (including phenoxy) is 1. The molecule has 0 saturated heterocycles. The van der Waals surface area contributed by atoms with Crippen molar-refractivity contribution in [3.8, 4) is 0 Å². The third-order valence-electron chi connectivity index (χ3n) is 3.08. The Morgan fingerprint density at radius 2 is 1.88 bits per heavy atom. The summed E-state index contributed by atoms with van der Waals surface area (Å²) in [6.07, 6.45) is 1.07. The summed E-state index contributed by atoms with van der Waals surface area (Å²) < 4.78 is 6.04. The number of hydrogen-bond acceptors (Lipinski definition) is 4. The van der Waals surface area contributed by atoms with Gasteiger partial charge in [0.05, 0.1) is 5.60 Å². The van der Waals surface area contributed by atoms with Crippen LogP contribution in [0.1, 0.15) is 52.3 Å². The molecule has 1 aliphatic heterocycles. The van der Waals surface area contributed by atoms with Crippen molar-refractivity contribution in [3.63, 3.8) is 0 Å². The molecular formula is C13H21N3O. The third kappa shape index (κ3) is 2.14. The summed E-state index contributed by atoms with van der Waals surface area (Å²) in [5.41, 5.74) is 1.44. The minimum atomic E-state index is -0.352. The van der Waals surface area contributed by atoms with Crippen LogP contribution in [-0.2, 0) is 15.9 Å². The van der Waals surface area contributed by atoms with Crippen molar-refractivity contribution >= 4 is 5.82 Å². The van der Waals surface area contributed by atoms with E-state index in [9.17, 15) is 0 Å². The number of nitrogens with zero attached hydrogens (tertiary/aromatic N) is 2. The lowest BCUT2D eigenvalue weighted by Crippen LogP contribution is -2.22. The first-order valence-electron chi connectivity index (χ1n) is 6.19. The van der Waals surface area contributed by atoms with Gasteiger partial charge in [-0.2, -0.15) is 5.10 Å².